The molecule has 9 rings (SSSR count). The van der Waals surface area contributed by atoms with Gasteiger partial charge < -0.3 is 4.57 Å². The van der Waals surface area contributed by atoms with E-state index in [0.717, 1.165) is 5.69 Å². The van der Waals surface area contributed by atoms with Gasteiger partial charge in [-0.2, -0.15) is 0 Å². The topological polar surface area (TPSA) is 4.93 Å². The summed E-state index contributed by atoms with van der Waals surface area (Å²) in [6.07, 6.45) is 0. The van der Waals surface area contributed by atoms with Crippen molar-refractivity contribution in [2.75, 3.05) is 0 Å². The predicted molar refractivity (Wildman–Crippen MR) is 208 cm³/mol. The summed E-state index contributed by atoms with van der Waals surface area (Å²) < 4.78 is 2.38. The molecule has 0 fully saturated rings. The molecule has 0 radical (unpaired) electrons. The van der Waals surface area contributed by atoms with Crippen LogP contribution in [0.25, 0.3) is 83.1 Å². The summed E-state index contributed by atoms with van der Waals surface area (Å²) in [5.74, 6) is 0. The van der Waals surface area contributed by atoms with Crippen LogP contribution in [0.15, 0.2) is 200 Å². The zero-order valence-electron chi connectivity index (χ0n) is 27.0. The predicted octanol–water partition coefficient (Wildman–Crippen LogP) is 13.1. The Morgan fingerprint density at radius 3 is 1.33 bits per heavy atom. The van der Waals surface area contributed by atoms with Crippen molar-refractivity contribution in [2.24, 2.45) is 0 Å². The Morgan fingerprint density at radius 2 is 0.755 bits per heavy atom. The normalized spacial score (nSPS) is 11.3. The molecule has 0 amide bonds. The highest BCUT2D eigenvalue weighted by Gasteiger charge is 2.15. The Balaban J connectivity index is 1.21. The molecule has 0 aliphatic rings. The van der Waals surface area contributed by atoms with Crippen LogP contribution >= 0.6 is 0 Å². The Morgan fingerprint density at radius 1 is 0.265 bits per heavy atom. The Kier molecular flexibility index (Phi) is 7.22. The van der Waals surface area contributed by atoms with Crippen molar-refractivity contribution in [1.29, 1.82) is 0 Å². The fourth-order valence-electron chi connectivity index (χ4n) is 7.22. The van der Waals surface area contributed by atoms with Crippen molar-refractivity contribution < 1.29 is 0 Å². The van der Waals surface area contributed by atoms with Gasteiger partial charge in [0.25, 0.3) is 0 Å². The first kappa shape index (κ1) is 28.8. The Bertz CT molecular complexity index is 2490. The second-order valence-electron chi connectivity index (χ2n) is 12.6. The van der Waals surface area contributed by atoms with Crippen LogP contribution in [0.5, 0.6) is 0 Å². The molecule has 0 saturated carbocycles. The van der Waals surface area contributed by atoms with E-state index in [2.05, 4.69) is 205 Å². The summed E-state index contributed by atoms with van der Waals surface area (Å²) in [6.45, 7) is 0. The van der Waals surface area contributed by atoms with Crippen molar-refractivity contribution >= 4 is 21.5 Å². The quantitative estimate of drug-likeness (QED) is 0.162. The monoisotopic (exact) mass is 623 g/mol. The van der Waals surface area contributed by atoms with E-state index < -0.39 is 0 Å². The van der Waals surface area contributed by atoms with E-state index in [0.29, 0.717) is 0 Å². The van der Waals surface area contributed by atoms with Crippen molar-refractivity contribution in [3.05, 3.63) is 200 Å². The van der Waals surface area contributed by atoms with Gasteiger partial charge in [-0.15, -0.1) is 0 Å². The molecular formula is C48H33N. The SMILES string of the molecule is c1ccc(-c2cccc3cc4c(-c5ccccc5)cc(-c5ccc(-n6c(-c7ccccc7)ccc6-c6ccccc6)cc5)cc4cc23)cc1. The highest BCUT2D eigenvalue weighted by atomic mass is 15.0. The van der Waals surface area contributed by atoms with Gasteiger partial charge in [-0.1, -0.05) is 152 Å². The maximum Gasteiger partial charge on any atom is 0.0535 e. The van der Waals surface area contributed by atoms with E-state index in [1.54, 1.807) is 0 Å². The summed E-state index contributed by atoms with van der Waals surface area (Å²) in [5.41, 5.74) is 13.2. The fourth-order valence-corrected chi connectivity index (χ4v) is 7.22. The third kappa shape index (κ3) is 5.32. The number of aromatic nitrogens is 1. The van der Waals surface area contributed by atoms with E-state index >= 15 is 0 Å². The molecule has 1 heteroatoms. The lowest BCUT2D eigenvalue weighted by molar-refractivity contribution is 1.10. The van der Waals surface area contributed by atoms with Gasteiger partial charge in [0.2, 0.25) is 0 Å². The molecule has 1 heterocycles. The van der Waals surface area contributed by atoms with Crippen LogP contribution in [-0.2, 0) is 0 Å². The van der Waals surface area contributed by atoms with Gasteiger partial charge in [0.1, 0.15) is 0 Å². The lowest BCUT2D eigenvalue weighted by Gasteiger charge is -2.16. The Labute approximate surface area is 287 Å². The summed E-state index contributed by atoms with van der Waals surface area (Å²) in [4.78, 5) is 0. The molecule has 0 unspecified atom stereocenters. The minimum atomic E-state index is 1.13. The van der Waals surface area contributed by atoms with Crippen LogP contribution < -0.4 is 0 Å². The largest absolute Gasteiger partial charge is 0.309 e. The zero-order valence-corrected chi connectivity index (χ0v) is 27.0. The van der Waals surface area contributed by atoms with Crippen molar-refractivity contribution in [2.45, 2.75) is 0 Å². The maximum atomic E-state index is 2.38. The minimum absolute atomic E-state index is 1.13. The third-order valence-corrected chi connectivity index (χ3v) is 9.60. The average molecular weight is 624 g/mol. The molecule has 0 atom stereocenters. The smallest absolute Gasteiger partial charge is 0.0535 e. The molecule has 0 saturated heterocycles. The molecule has 9 aromatic rings. The first-order chi connectivity index (χ1) is 24.3. The first-order valence-corrected chi connectivity index (χ1v) is 16.8. The molecule has 49 heavy (non-hydrogen) atoms. The average Bonchev–Trinajstić information content (AvgIpc) is 3.63. The minimum Gasteiger partial charge on any atom is -0.309 e. The lowest BCUT2D eigenvalue weighted by atomic mass is 9.89. The van der Waals surface area contributed by atoms with Crippen LogP contribution in [0.4, 0.5) is 0 Å². The van der Waals surface area contributed by atoms with E-state index in [1.807, 2.05) is 0 Å². The number of nitrogens with zero attached hydrogens (tertiary/aromatic N) is 1. The van der Waals surface area contributed by atoms with Crippen LogP contribution in [0.3, 0.4) is 0 Å². The van der Waals surface area contributed by atoms with Gasteiger partial charge in [-0.05, 0) is 115 Å². The highest BCUT2D eigenvalue weighted by molar-refractivity contribution is 6.10. The molecule has 0 spiro atoms. The third-order valence-electron chi connectivity index (χ3n) is 9.60. The van der Waals surface area contributed by atoms with Gasteiger partial charge in [0.15, 0.2) is 0 Å². The molecule has 1 aromatic heterocycles. The van der Waals surface area contributed by atoms with Crippen LogP contribution in [-0.4, -0.2) is 4.57 Å². The highest BCUT2D eigenvalue weighted by Crippen LogP contribution is 2.39. The van der Waals surface area contributed by atoms with Crippen molar-refractivity contribution in [1.82, 2.24) is 4.57 Å². The molecule has 8 aromatic carbocycles. The standard InChI is InChI=1S/C48H33N/c1-5-14-35(15-6-1)43-23-13-22-39-31-46-41(33-45(39)43)30-40(32-44(46)36-16-7-2-8-17-36)34-24-26-42(27-25-34)49-47(37-18-9-3-10-19-37)28-29-48(49)38-20-11-4-12-21-38/h1-33H. The molecule has 0 aliphatic carbocycles. The van der Waals surface area contributed by atoms with Gasteiger partial charge in [-0.25, -0.2) is 0 Å². The number of hydrogen-bond donors (Lipinski definition) is 0. The lowest BCUT2D eigenvalue weighted by Crippen LogP contribution is -1.99. The summed E-state index contributed by atoms with van der Waals surface area (Å²) in [5, 5.41) is 5.01. The zero-order chi connectivity index (χ0) is 32.6. The molecule has 1 nitrogen and oxygen atoms in total. The molecule has 0 aliphatic heterocycles. The molecule has 0 N–H and O–H groups in total. The summed E-state index contributed by atoms with van der Waals surface area (Å²) >= 11 is 0. The second kappa shape index (κ2) is 12.3. The molecular weight excluding hydrogens is 591 g/mol. The van der Waals surface area contributed by atoms with E-state index in [4.69, 9.17) is 0 Å². The fraction of sp³-hybridized carbons (Fsp3) is 0. The summed E-state index contributed by atoms with van der Waals surface area (Å²) in [6, 6.07) is 72.4. The van der Waals surface area contributed by atoms with Crippen LogP contribution in [0, 0.1) is 0 Å². The van der Waals surface area contributed by atoms with Crippen molar-refractivity contribution in [3.63, 3.8) is 0 Å². The number of hydrogen-bond acceptors (Lipinski definition) is 0. The number of benzene rings is 8. The number of fused-ring (bicyclic) bond motifs is 2. The first-order valence-electron chi connectivity index (χ1n) is 16.8. The van der Waals surface area contributed by atoms with E-state index in [-0.39, 0.29) is 0 Å². The summed E-state index contributed by atoms with van der Waals surface area (Å²) in [7, 11) is 0. The maximum absolute atomic E-state index is 2.38. The van der Waals surface area contributed by atoms with E-state index in [9.17, 15) is 0 Å². The second-order valence-corrected chi connectivity index (χ2v) is 12.6. The van der Waals surface area contributed by atoms with Gasteiger partial charge in [0, 0.05) is 5.69 Å². The van der Waals surface area contributed by atoms with Crippen LogP contribution in [0.1, 0.15) is 0 Å². The van der Waals surface area contributed by atoms with Gasteiger partial charge >= 0.3 is 0 Å². The number of rotatable bonds is 6. The molecule has 230 valence electrons. The van der Waals surface area contributed by atoms with Crippen LogP contribution in [0.2, 0.25) is 0 Å². The molecule has 0 bridgehead atoms. The van der Waals surface area contributed by atoms with Gasteiger partial charge in [-0.3, -0.25) is 0 Å². The van der Waals surface area contributed by atoms with Crippen molar-refractivity contribution in [3.8, 4) is 61.6 Å². The van der Waals surface area contributed by atoms with E-state index in [1.165, 1.54) is 77.4 Å². The Hall–Kier alpha value is -6.44. The van der Waals surface area contributed by atoms with Gasteiger partial charge in [0.05, 0.1) is 11.4 Å².